The standard InChI is InChI=1S/C30H21BrN2O7S/c31-22-11-16-27(40-41(37,38)25-9-5-2-6-10-25)21(17-22)18-26-28(34)32-30(36)33(29(26)35)23-12-14-24(15-13-23)39-19-20-7-3-1-4-8-20/h1-18H,19H2,(H,32,34,36)/b26-18+. The van der Waals surface area contributed by atoms with E-state index >= 15 is 0 Å². The molecule has 5 rings (SSSR count). The molecular formula is C30H21BrN2O7S. The second kappa shape index (κ2) is 11.8. The smallest absolute Gasteiger partial charge is 0.339 e. The van der Waals surface area contributed by atoms with Gasteiger partial charge in [0.15, 0.2) is 0 Å². The minimum Gasteiger partial charge on any atom is -0.489 e. The predicted octanol–water partition coefficient (Wildman–Crippen LogP) is 5.46. The molecule has 0 unspecified atom stereocenters. The van der Waals surface area contributed by atoms with E-state index in [9.17, 15) is 22.8 Å². The van der Waals surface area contributed by atoms with Gasteiger partial charge in [0.1, 0.15) is 28.6 Å². The van der Waals surface area contributed by atoms with Gasteiger partial charge in [0.2, 0.25) is 0 Å². The third-order valence-corrected chi connectivity index (χ3v) is 7.69. The van der Waals surface area contributed by atoms with Crippen molar-refractivity contribution in [2.75, 3.05) is 4.90 Å². The number of carbonyl (C=O) groups is 3. The van der Waals surface area contributed by atoms with Crippen molar-refractivity contribution in [2.45, 2.75) is 11.5 Å². The Morgan fingerprint density at radius 2 is 1.49 bits per heavy atom. The number of imide groups is 2. The van der Waals surface area contributed by atoms with E-state index in [1.165, 1.54) is 42.5 Å². The number of hydrogen-bond donors (Lipinski definition) is 1. The van der Waals surface area contributed by atoms with Crippen molar-refractivity contribution in [3.63, 3.8) is 0 Å². The molecule has 1 fully saturated rings. The minimum absolute atomic E-state index is 0.0685. The second-order valence-corrected chi connectivity index (χ2v) is 11.2. The molecule has 0 saturated carbocycles. The first-order chi connectivity index (χ1) is 19.7. The van der Waals surface area contributed by atoms with Gasteiger partial charge in [0.05, 0.1) is 5.69 Å². The van der Waals surface area contributed by atoms with Gasteiger partial charge in [-0.3, -0.25) is 14.9 Å². The molecule has 1 N–H and O–H groups in total. The Morgan fingerprint density at radius 1 is 0.829 bits per heavy atom. The highest BCUT2D eigenvalue weighted by Gasteiger charge is 2.37. The largest absolute Gasteiger partial charge is 0.489 e. The molecule has 4 aromatic rings. The molecule has 1 aliphatic rings. The van der Waals surface area contributed by atoms with Crippen LogP contribution in [0.4, 0.5) is 10.5 Å². The molecule has 0 aromatic heterocycles. The Labute approximate surface area is 244 Å². The summed E-state index contributed by atoms with van der Waals surface area (Å²) >= 11 is 3.31. The molecule has 0 atom stereocenters. The maximum Gasteiger partial charge on any atom is 0.339 e. The van der Waals surface area contributed by atoms with E-state index in [-0.39, 0.29) is 21.9 Å². The number of ether oxygens (including phenoxy) is 1. The second-order valence-electron chi connectivity index (χ2n) is 8.76. The fraction of sp³-hybridized carbons (Fsp3) is 0.0333. The van der Waals surface area contributed by atoms with Gasteiger partial charge < -0.3 is 8.92 Å². The van der Waals surface area contributed by atoms with Gasteiger partial charge in [-0.15, -0.1) is 0 Å². The first-order valence-electron chi connectivity index (χ1n) is 12.2. The van der Waals surface area contributed by atoms with Gasteiger partial charge in [-0.1, -0.05) is 64.5 Å². The molecule has 4 aromatic carbocycles. The topological polar surface area (TPSA) is 119 Å². The third kappa shape index (κ3) is 6.37. The zero-order valence-electron chi connectivity index (χ0n) is 21.2. The SMILES string of the molecule is O=C1NC(=O)N(c2ccc(OCc3ccccc3)cc2)C(=O)/C1=C/c1cc(Br)ccc1OS(=O)(=O)c1ccccc1. The minimum atomic E-state index is -4.21. The van der Waals surface area contributed by atoms with Crippen LogP contribution in [0.3, 0.4) is 0 Å². The van der Waals surface area contributed by atoms with Gasteiger partial charge in [-0.25, -0.2) is 9.69 Å². The lowest BCUT2D eigenvalue weighted by Gasteiger charge is -2.26. The normalized spacial score (nSPS) is 14.6. The lowest BCUT2D eigenvalue weighted by molar-refractivity contribution is -0.122. The fourth-order valence-corrected chi connectivity index (χ4v) is 5.29. The number of amides is 4. The fourth-order valence-electron chi connectivity index (χ4n) is 3.94. The maximum absolute atomic E-state index is 13.4. The Balaban J connectivity index is 1.41. The molecule has 206 valence electrons. The van der Waals surface area contributed by atoms with Crippen LogP contribution < -0.4 is 19.1 Å². The quantitative estimate of drug-likeness (QED) is 0.156. The molecule has 11 heteroatoms. The van der Waals surface area contributed by atoms with Crippen LogP contribution >= 0.6 is 15.9 Å². The lowest BCUT2D eigenvalue weighted by atomic mass is 10.1. The van der Waals surface area contributed by atoms with E-state index in [0.717, 1.165) is 10.5 Å². The van der Waals surface area contributed by atoms with E-state index in [4.69, 9.17) is 8.92 Å². The summed E-state index contributed by atoms with van der Waals surface area (Å²) in [6, 6.07) is 26.9. The maximum atomic E-state index is 13.4. The number of nitrogens with zero attached hydrogens (tertiary/aromatic N) is 1. The van der Waals surface area contributed by atoms with E-state index < -0.39 is 33.5 Å². The van der Waals surface area contributed by atoms with Gasteiger partial charge >= 0.3 is 16.1 Å². The number of anilines is 1. The summed E-state index contributed by atoms with van der Waals surface area (Å²) in [5, 5.41) is 2.15. The van der Waals surface area contributed by atoms with Crippen LogP contribution in [-0.2, 0) is 26.3 Å². The van der Waals surface area contributed by atoms with Crippen molar-refractivity contribution < 1.29 is 31.7 Å². The summed E-state index contributed by atoms with van der Waals surface area (Å²) < 4.78 is 37.3. The number of barbiturate groups is 1. The van der Waals surface area contributed by atoms with Crippen molar-refractivity contribution in [3.05, 3.63) is 124 Å². The van der Waals surface area contributed by atoms with Crippen molar-refractivity contribution >= 4 is 55.7 Å². The average molecular weight is 633 g/mol. The van der Waals surface area contributed by atoms with Crippen molar-refractivity contribution in [1.29, 1.82) is 0 Å². The van der Waals surface area contributed by atoms with Crippen molar-refractivity contribution in [1.82, 2.24) is 5.32 Å². The lowest BCUT2D eigenvalue weighted by Crippen LogP contribution is -2.54. The number of hydrogen-bond acceptors (Lipinski definition) is 7. The summed E-state index contributed by atoms with van der Waals surface area (Å²) in [6.45, 7) is 0.335. The molecule has 0 bridgehead atoms. The molecular weight excluding hydrogens is 612 g/mol. The Morgan fingerprint density at radius 3 is 2.17 bits per heavy atom. The molecule has 0 radical (unpaired) electrons. The molecule has 1 heterocycles. The molecule has 1 saturated heterocycles. The zero-order chi connectivity index (χ0) is 29.0. The molecule has 0 aliphatic carbocycles. The highest BCUT2D eigenvalue weighted by molar-refractivity contribution is 9.10. The van der Waals surface area contributed by atoms with Gasteiger partial charge in [0, 0.05) is 10.0 Å². The number of rotatable bonds is 8. The van der Waals surface area contributed by atoms with Crippen molar-refractivity contribution in [2.24, 2.45) is 0 Å². The average Bonchev–Trinajstić information content (AvgIpc) is 2.97. The number of halogens is 1. The zero-order valence-corrected chi connectivity index (χ0v) is 23.6. The van der Waals surface area contributed by atoms with Crippen LogP contribution in [-0.4, -0.2) is 26.3 Å². The van der Waals surface area contributed by atoms with E-state index in [1.807, 2.05) is 30.3 Å². The predicted molar refractivity (Wildman–Crippen MR) is 155 cm³/mol. The van der Waals surface area contributed by atoms with E-state index in [1.54, 1.807) is 36.4 Å². The van der Waals surface area contributed by atoms with Gasteiger partial charge in [-0.05, 0) is 66.2 Å². The Bertz CT molecular complexity index is 1760. The monoisotopic (exact) mass is 632 g/mol. The van der Waals surface area contributed by atoms with Crippen LogP contribution in [0.2, 0.25) is 0 Å². The third-order valence-electron chi connectivity index (χ3n) is 5.95. The van der Waals surface area contributed by atoms with Crippen LogP contribution in [0.5, 0.6) is 11.5 Å². The van der Waals surface area contributed by atoms with E-state index in [0.29, 0.717) is 16.8 Å². The first-order valence-corrected chi connectivity index (χ1v) is 14.4. The highest BCUT2D eigenvalue weighted by atomic mass is 79.9. The molecule has 4 amide bonds. The van der Waals surface area contributed by atoms with Crippen LogP contribution in [0.15, 0.2) is 118 Å². The van der Waals surface area contributed by atoms with Crippen LogP contribution in [0, 0.1) is 0 Å². The summed E-state index contributed by atoms with van der Waals surface area (Å²) in [4.78, 5) is 39.6. The highest BCUT2D eigenvalue weighted by Crippen LogP contribution is 2.30. The van der Waals surface area contributed by atoms with Gasteiger partial charge in [-0.2, -0.15) is 8.42 Å². The molecule has 0 spiro atoms. The molecule has 9 nitrogen and oxygen atoms in total. The van der Waals surface area contributed by atoms with Gasteiger partial charge in [0.25, 0.3) is 11.8 Å². The van der Waals surface area contributed by atoms with Crippen LogP contribution in [0.25, 0.3) is 6.08 Å². The molecule has 1 aliphatic heterocycles. The Hall–Kier alpha value is -4.74. The molecule has 41 heavy (non-hydrogen) atoms. The summed E-state index contributed by atoms with van der Waals surface area (Å²) in [6.07, 6.45) is 1.18. The summed E-state index contributed by atoms with van der Waals surface area (Å²) in [5.41, 5.74) is 0.906. The number of nitrogens with one attached hydrogen (secondary N) is 1. The first kappa shape index (κ1) is 27.8. The van der Waals surface area contributed by atoms with Crippen molar-refractivity contribution in [3.8, 4) is 11.5 Å². The number of urea groups is 1. The van der Waals surface area contributed by atoms with E-state index in [2.05, 4.69) is 21.2 Å². The number of carbonyl (C=O) groups excluding carboxylic acids is 3. The Kier molecular flexibility index (Phi) is 7.99. The summed E-state index contributed by atoms with van der Waals surface area (Å²) in [7, 11) is -4.21. The van der Waals surface area contributed by atoms with Crippen LogP contribution in [0.1, 0.15) is 11.1 Å². The summed E-state index contributed by atoms with van der Waals surface area (Å²) in [5.74, 6) is -1.43. The number of benzene rings is 4.